The average Bonchev–Trinajstić information content (AvgIpc) is 2.67. The van der Waals surface area contributed by atoms with Crippen molar-refractivity contribution < 1.29 is 14.3 Å². The molecular formula is C20H24N2O3S. The van der Waals surface area contributed by atoms with Crippen LogP contribution in [0.5, 0.6) is 0 Å². The number of amides is 2. The lowest BCUT2D eigenvalue weighted by Gasteiger charge is -2.19. The summed E-state index contributed by atoms with van der Waals surface area (Å²) in [6.45, 7) is 1.50. The highest BCUT2D eigenvalue weighted by Gasteiger charge is 2.16. The minimum absolute atomic E-state index is 0.0586. The number of benzene rings is 2. The van der Waals surface area contributed by atoms with Crippen LogP contribution in [0.1, 0.15) is 15.9 Å². The van der Waals surface area contributed by atoms with E-state index in [-0.39, 0.29) is 17.6 Å². The second-order valence-corrected chi connectivity index (χ2v) is 6.79. The maximum atomic E-state index is 12.8. The van der Waals surface area contributed by atoms with Gasteiger partial charge in [-0.25, -0.2) is 0 Å². The number of thioether (sulfide) groups is 1. The number of carbonyl (C=O) groups is 2. The minimum Gasteiger partial charge on any atom is -0.383 e. The quantitative estimate of drug-likeness (QED) is 0.543. The van der Waals surface area contributed by atoms with Gasteiger partial charge >= 0.3 is 0 Å². The molecule has 6 heteroatoms. The SMILES string of the molecule is COCCNC(=O)CSc1ccccc1C(=O)N(C)Cc1ccccc1. The third kappa shape index (κ3) is 6.20. The number of rotatable bonds is 9. The van der Waals surface area contributed by atoms with Crippen molar-refractivity contribution in [2.75, 3.05) is 33.1 Å². The van der Waals surface area contributed by atoms with Crippen molar-refractivity contribution in [1.29, 1.82) is 0 Å². The number of hydrogen-bond acceptors (Lipinski definition) is 4. The lowest BCUT2D eigenvalue weighted by Crippen LogP contribution is -2.29. The van der Waals surface area contributed by atoms with Crippen molar-refractivity contribution in [2.24, 2.45) is 0 Å². The van der Waals surface area contributed by atoms with Gasteiger partial charge in [0.2, 0.25) is 5.91 Å². The van der Waals surface area contributed by atoms with E-state index in [4.69, 9.17) is 4.74 Å². The van der Waals surface area contributed by atoms with E-state index in [9.17, 15) is 9.59 Å². The Morgan fingerprint density at radius 3 is 2.50 bits per heavy atom. The summed E-state index contributed by atoms with van der Waals surface area (Å²) < 4.78 is 4.91. The first-order valence-electron chi connectivity index (χ1n) is 8.38. The van der Waals surface area contributed by atoms with E-state index in [0.29, 0.717) is 25.3 Å². The first-order chi connectivity index (χ1) is 12.6. The molecule has 0 unspecified atom stereocenters. The van der Waals surface area contributed by atoms with Gasteiger partial charge in [0.15, 0.2) is 0 Å². The maximum absolute atomic E-state index is 12.8. The van der Waals surface area contributed by atoms with Gasteiger partial charge in [0.1, 0.15) is 0 Å². The topological polar surface area (TPSA) is 58.6 Å². The molecule has 0 heterocycles. The highest BCUT2D eigenvalue weighted by Crippen LogP contribution is 2.24. The Kier molecular flexibility index (Phi) is 8.18. The fourth-order valence-corrected chi connectivity index (χ4v) is 3.27. The van der Waals surface area contributed by atoms with Gasteiger partial charge in [-0.3, -0.25) is 9.59 Å². The Labute approximate surface area is 158 Å². The molecule has 0 spiro atoms. The summed E-state index contributed by atoms with van der Waals surface area (Å²) in [5.41, 5.74) is 1.69. The molecule has 0 aliphatic carbocycles. The number of nitrogens with zero attached hydrogens (tertiary/aromatic N) is 1. The van der Waals surface area contributed by atoms with Crippen LogP contribution in [0.15, 0.2) is 59.5 Å². The summed E-state index contributed by atoms with van der Waals surface area (Å²) in [6.07, 6.45) is 0. The summed E-state index contributed by atoms with van der Waals surface area (Å²) in [7, 11) is 3.38. The molecule has 0 radical (unpaired) electrons. The smallest absolute Gasteiger partial charge is 0.255 e. The fourth-order valence-electron chi connectivity index (χ4n) is 2.39. The van der Waals surface area contributed by atoms with Crippen molar-refractivity contribution in [2.45, 2.75) is 11.4 Å². The van der Waals surface area contributed by atoms with Gasteiger partial charge in [-0.1, -0.05) is 42.5 Å². The van der Waals surface area contributed by atoms with Gasteiger partial charge < -0.3 is 15.0 Å². The normalized spacial score (nSPS) is 10.4. The highest BCUT2D eigenvalue weighted by atomic mass is 32.2. The molecule has 5 nitrogen and oxygen atoms in total. The van der Waals surface area contributed by atoms with Gasteiger partial charge in [0, 0.05) is 32.1 Å². The van der Waals surface area contributed by atoms with Crippen LogP contribution in [-0.2, 0) is 16.1 Å². The van der Waals surface area contributed by atoms with E-state index in [2.05, 4.69) is 5.32 Å². The average molecular weight is 372 g/mol. The summed E-state index contributed by atoms with van der Waals surface area (Å²) in [6, 6.07) is 17.2. The van der Waals surface area contributed by atoms with E-state index in [1.54, 1.807) is 25.1 Å². The molecular weight excluding hydrogens is 348 g/mol. The first kappa shape index (κ1) is 20.0. The van der Waals surface area contributed by atoms with Crippen LogP contribution >= 0.6 is 11.8 Å². The van der Waals surface area contributed by atoms with Crippen molar-refractivity contribution in [3.8, 4) is 0 Å². The molecule has 1 N–H and O–H groups in total. The molecule has 2 rings (SSSR count). The summed E-state index contributed by atoms with van der Waals surface area (Å²) in [5, 5.41) is 2.78. The molecule has 0 aromatic heterocycles. The summed E-state index contributed by atoms with van der Waals surface area (Å²) in [4.78, 5) is 27.2. The van der Waals surface area contributed by atoms with Crippen LogP contribution in [0, 0.1) is 0 Å². The van der Waals surface area contributed by atoms with E-state index in [1.807, 2.05) is 48.5 Å². The monoisotopic (exact) mass is 372 g/mol. The van der Waals surface area contributed by atoms with E-state index < -0.39 is 0 Å². The predicted octanol–water partition coefficient (Wildman–Crippen LogP) is 2.81. The van der Waals surface area contributed by atoms with Gasteiger partial charge in [-0.05, 0) is 17.7 Å². The molecule has 26 heavy (non-hydrogen) atoms. The Bertz CT molecular complexity index is 722. The second kappa shape index (κ2) is 10.6. The third-order valence-electron chi connectivity index (χ3n) is 3.71. The molecule has 0 saturated carbocycles. The van der Waals surface area contributed by atoms with Crippen LogP contribution in [0.2, 0.25) is 0 Å². The molecule has 2 aromatic carbocycles. The number of hydrogen-bond donors (Lipinski definition) is 1. The van der Waals surface area contributed by atoms with E-state index in [1.165, 1.54) is 11.8 Å². The van der Waals surface area contributed by atoms with Crippen LogP contribution in [0.3, 0.4) is 0 Å². The van der Waals surface area contributed by atoms with Gasteiger partial charge in [0.05, 0.1) is 17.9 Å². The molecule has 2 amide bonds. The lowest BCUT2D eigenvalue weighted by molar-refractivity contribution is -0.118. The number of carbonyl (C=O) groups excluding carboxylic acids is 2. The van der Waals surface area contributed by atoms with E-state index >= 15 is 0 Å². The number of nitrogens with one attached hydrogen (secondary N) is 1. The number of methoxy groups -OCH3 is 1. The Hall–Kier alpha value is -2.31. The zero-order chi connectivity index (χ0) is 18.8. The van der Waals surface area contributed by atoms with Gasteiger partial charge in [0.25, 0.3) is 5.91 Å². The highest BCUT2D eigenvalue weighted by molar-refractivity contribution is 8.00. The van der Waals surface area contributed by atoms with Crippen LogP contribution in [0.4, 0.5) is 0 Å². The Morgan fingerprint density at radius 2 is 1.77 bits per heavy atom. The molecule has 0 saturated heterocycles. The van der Waals surface area contributed by atoms with Crippen molar-refractivity contribution in [3.63, 3.8) is 0 Å². The van der Waals surface area contributed by atoms with Crippen molar-refractivity contribution in [3.05, 3.63) is 65.7 Å². The summed E-state index contributed by atoms with van der Waals surface area (Å²) in [5.74, 6) is 0.125. The largest absolute Gasteiger partial charge is 0.383 e. The predicted molar refractivity (Wildman–Crippen MR) is 104 cm³/mol. The molecule has 138 valence electrons. The van der Waals surface area contributed by atoms with Crippen molar-refractivity contribution >= 4 is 23.6 Å². The summed E-state index contributed by atoms with van der Waals surface area (Å²) >= 11 is 1.36. The molecule has 0 bridgehead atoms. The maximum Gasteiger partial charge on any atom is 0.255 e. The first-order valence-corrected chi connectivity index (χ1v) is 9.37. The molecule has 0 aliphatic heterocycles. The van der Waals surface area contributed by atoms with Gasteiger partial charge in [-0.2, -0.15) is 0 Å². The Balaban J connectivity index is 1.98. The molecule has 0 atom stereocenters. The zero-order valence-corrected chi connectivity index (χ0v) is 15.9. The van der Waals surface area contributed by atoms with Gasteiger partial charge in [-0.15, -0.1) is 11.8 Å². The fraction of sp³-hybridized carbons (Fsp3) is 0.300. The third-order valence-corrected chi connectivity index (χ3v) is 4.79. The standard InChI is InChI=1S/C20H24N2O3S/c1-22(14-16-8-4-3-5-9-16)20(24)17-10-6-7-11-18(17)26-15-19(23)21-12-13-25-2/h3-11H,12-15H2,1-2H3,(H,21,23). The second-order valence-electron chi connectivity index (χ2n) is 5.77. The molecule has 0 aliphatic rings. The minimum atomic E-state index is -0.0769. The number of ether oxygens (including phenoxy) is 1. The van der Waals surface area contributed by atoms with Crippen molar-refractivity contribution in [1.82, 2.24) is 10.2 Å². The Morgan fingerprint density at radius 1 is 1.08 bits per heavy atom. The van der Waals surface area contributed by atoms with Crippen LogP contribution < -0.4 is 5.32 Å². The van der Waals surface area contributed by atoms with E-state index in [0.717, 1.165) is 10.5 Å². The van der Waals surface area contributed by atoms with Crippen LogP contribution in [0.25, 0.3) is 0 Å². The zero-order valence-electron chi connectivity index (χ0n) is 15.1. The van der Waals surface area contributed by atoms with Crippen LogP contribution in [-0.4, -0.2) is 49.8 Å². The lowest BCUT2D eigenvalue weighted by atomic mass is 10.1. The molecule has 0 fully saturated rings. The molecule has 2 aromatic rings.